The molecule has 0 spiro atoms. The first kappa shape index (κ1) is 13.6. The topological polar surface area (TPSA) is 20.2 Å². The van der Waals surface area contributed by atoms with Crippen molar-refractivity contribution in [2.45, 2.75) is 64.9 Å². The molecule has 2 rings (SSSR count). The maximum absolute atomic E-state index is 11.0. The van der Waals surface area contributed by atoms with Crippen LogP contribution in [0, 0.1) is 19.8 Å². The molecular weight excluding hydrogens is 220 g/mol. The van der Waals surface area contributed by atoms with Gasteiger partial charge in [-0.2, -0.15) is 0 Å². The van der Waals surface area contributed by atoms with Crippen molar-refractivity contribution < 1.29 is 5.11 Å². The number of aliphatic hydroxyl groups is 1. The van der Waals surface area contributed by atoms with Gasteiger partial charge in [0, 0.05) is 0 Å². The lowest BCUT2D eigenvalue weighted by Gasteiger charge is -2.29. The Morgan fingerprint density at radius 1 is 1.22 bits per heavy atom. The summed E-state index contributed by atoms with van der Waals surface area (Å²) in [4.78, 5) is 0. The van der Waals surface area contributed by atoms with Gasteiger partial charge in [-0.15, -0.1) is 0 Å². The smallest absolute Gasteiger partial charge is 0.0899 e. The zero-order valence-corrected chi connectivity index (χ0v) is 12.0. The van der Waals surface area contributed by atoms with Crippen molar-refractivity contribution in [1.29, 1.82) is 0 Å². The first-order valence-corrected chi connectivity index (χ1v) is 7.36. The van der Waals surface area contributed by atoms with E-state index in [1.54, 1.807) is 0 Å². The molecule has 1 aromatic carbocycles. The lowest BCUT2D eigenvalue weighted by molar-refractivity contribution is 0.0189. The minimum absolute atomic E-state index is 0.583. The number of hydrogen-bond donors (Lipinski definition) is 1. The van der Waals surface area contributed by atoms with Crippen LogP contribution >= 0.6 is 0 Å². The maximum atomic E-state index is 11.0. The van der Waals surface area contributed by atoms with Crippen molar-refractivity contribution >= 4 is 0 Å². The van der Waals surface area contributed by atoms with Crippen LogP contribution in [0.15, 0.2) is 18.2 Å². The molecular formula is C17H26O. The first-order valence-electron chi connectivity index (χ1n) is 7.36. The van der Waals surface area contributed by atoms with Gasteiger partial charge < -0.3 is 5.11 Å². The second-order valence-electron chi connectivity index (χ2n) is 5.98. The van der Waals surface area contributed by atoms with Crippen LogP contribution in [0.5, 0.6) is 0 Å². The molecule has 2 atom stereocenters. The van der Waals surface area contributed by atoms with Gasteiger partial charge in [0.05, 0.1) is 5.60 Å². The van der Waals surface area contributed by atoms with Gasteiger partial charge in [0.1, 0.15) is 0 Å². The van der Waals surface area contributed by atoms with E-state index in [1.807, 2.05) is 0 Å². The summed E-state index contributed by atoms with van der Waals surface area (Å²) in [6, 6.07) is 6.33. The van der Waals surface area contributed by atoms with E-state index in [-0.39, 0.29) is 0 Å². The number of rotatable bonds is 2. The van der Waals surface area contributed by atoms with Crippen molar-refractivity contribution in [3.8, 4) is 0 Å². The average molecular weight is 246 g/mol. The van der Waals surface area contributed by atoms with Crippen molar-refractivity contribution in [3.05, 3.63) is 34.9 Å². The van der Waals surface area contributed by atoms with Crippen LogP contribution in [-0.4, -0.2) is 5.11 Å². The molecule has 0 aliphatic heterocycles. The SMILES string of the molecule is CCC1CCCC(O)(c2cccc(C)c2C)CC1. The van der Waals surface area contributed by atoms with Crippen molar-refractivity contribution in [2.24, 2.45) is 5.92 Å². The third-order valence-electron chi connectivity index (χ3n) is 4.85. The summed E-state index contributed by atoms with van der Waals surface area (Å²) in [5.41, 5.74) is 3.14. The first-order chi connectivity index (χ1) is 8.57. The Labute approximate surface area is 111 Å². The van der Waals surface area contributed by atoms with Gasteiger partial charge in [0.2, 0.25) is 0 Å². The van der Waals surface area contributed by atoms with Gasteiger partial charge in [-0.3, -0.25) is 0 Å². The van der Waals surface area contributed by atoms with Gasteiger partial charge in [-0.25, -0.2) is 0 Å². The van der Waals surface area contributed by atoms with Crippen molar-refractivity contribution in [1.82, 2.24) is 0 Å². The maximum Gasteiger partial charge on any atom is 0.0899 e. The van der Waals surface area contributed by atoms with E-state index < -0.39 is 5.60 Å². The summed E-state index contributed by atoms with van der Waals surface area (Å²) >= 11 is 0. The summed E-state index contributed by atoms with van der Waals surface area (Å²) in [5, 5.41) is 11.0. The monoisotopic (exact) mass is 246 g/mol. The number of benzene rings is 1. The molecule has 0 bridgehead atoms. The van der Waals surface area contributed by atoms with Crippen LogP contribution in [0.25, 0.3) is 0 Å². The number of hydrogen-bond acceptors (Lipinski definition) is 1. The molecule has 1 fully saturated rings. The molecule has 100 valence electrons. The van der Waals surface area contributed by atoms with Gasteiger partial charge in [0.25, 0.3) is 0 Å². The zero-order chi connectivity index (χ0) is 13.2. The summed E-state index contributed by atoms with van der Waals surface area (Å²) < 4.78 is 0. The van der Waals surface area contributed by atoms with E-state index in [4.69, 9.17) is 0 Å². The second kappa shape index (κ2) is 5.44. The Kier molecular flexibility index (Phi) is 4.11. The fourth-order valence-corrected chi connectivity index (χ4v) is 3.33. The van der Waals surface area contributed by atoms with Crippen molar-refractivity contribution in [3.63, 3.8) is 0 Å². The van der Waals surface area contributed by atoms with E-state index in [1.165, 1.54) is 36.0 Å². The molecule has 1 aliphatic carbocycles. The van der Waals surface area contributed by atoms with Crippen LogP contribution < -0.4 is 0 Å². The molecule has 1 heteroatoms. The highest BCUT2D eigenvalue weighted by molar-refractivity contribution is 5.37. The van der Waals surface area contributed by atoms with E-state index in [2.05, 4.69) is 39.0 Å². The molecule has 1 N–H and O–H groups in total. The molecule has 0 aromatic heterocycles. The predicted octanol–water partition coefficient (Wildman–Crippen LogP) is 4.48. The molecule has 1 nitrogen and oxygen atoms in total. The summed E-state index contributed by atoms with van der Waals surface area (Å²) in [5.74, 6) is 0.809. The van der Waals surface area contributed by atoms with E-state index in [0.29, 0.717) is 0 Å². The van der Waals surface area contributed by atoms with Gasteiger partial charge in [-0.1, -0.05) is 38.0 Å². The van der Waals surface area contributed by atoms with Gasteiger partial charge >= 0.3 is 0 Å². The number of aryl methyl sites for hydroxylation is 1. The highest BCUT2D eigenvalue weighted by atomic mass is 16.3. The quantitative estimate of drug-likeness (QED) is 0.763. The van der Waals surface area contributed by atoms with Crippen LogP contribution in [0.3, 0.4) is 0 Å². The molecule has 1 aliphatic rings. The summed E-state index contributed by atoms with van der Waals surface area (Å²) in [7, 11) is 0. The van der Waals surface area contributed by atoms with E-state index in [9.17, 15) is 5.11 Å². The lowest BCUT2D eigenvalue weighted by Crippen LogP contribution is -2.26. The third kappa shape index (κ3) is 2.61. The molecule has 2 unspecified atom stereocenters. The minimum atomic E-state index is -0.583. The van der Waals surface area contributed by atoms with Crippen LogP contribution in [0.1, 0.15) is 62.1 Å². The average Bonchev–Trinajstić information content (AvgIpc) is 2.55. The molecule has 18 heavy (non-hydrogen) atoms. The van der Waals surface area contributed by atoms with Gasteiger partial charge in [0.15, 0.2) is 0 Å². The predicted molar refractivity (Wildman–Crippen MR) is 76.7 cm³/mol. The van der Waals surface area contributed by atoms with E-state index >= 15 is 0 Å². The van der Waals surface area contributed by atoms with Gasteiger partial charge in [-0.05, 0) is 62.1 Å². The summed E-state index contributed by atoms with van der Waals surface area (Å²) in [6.45, 7) is 6.55. The van der Waals surface area contributed by atoms with E-state index in [0.717, 1.165) is 25.2 Å². The molecule has 0 amide bonds. The Bertz CT molecular complexity index is 410. The fraction of sp³-hybridized carbons (Fsp3) is 0.647. The largest absolute Gasteiger partial charge is 0.385 e. The Hall–Kier alpha value is -0.820. The van der Waals surface area contributed by atoms with Crippen LogP contribution in [-0.2, 0) is 5.60 Å². The molecule has 1 saturated carbocycles. The summed E-state index contributed by atoms with van der Waals surface area (Å²) in [6.07, 6.45) is 6.71. The third-order valence-corrected chi connectivity index (χ3v) is 4.85. The molecule has 0 saturated heterocycles. The minimum Gasteiger partial charge on any atom is -0.385 e. The Morgan fingerprint density at radius 3 is 2.72 bits per heavy atom. The molecule has 0 radical (unpaired) electrons. The normalized spacial score (nSPS) is 29.0. The Morgan fingerprint density at radius 2 is 2.00 bits per heavy atom. The second-order valence-corrected chi connectivity index (χ2v) is 5.98. The fourth-order valence-electron chi connectivity index (χ4n) is 3.33. The molecule has 1 aromatic rings. The zero-order valence-electron chi connectivity index (χ0n) is 12.0. The molecule has 0 heterocycles. The standard InChI is InChI=1S/C17H26O/c1-4-15-8-6-11-17(18,12-10-15)16-9-5-7-13(2)14(16)3/h5,7,9,15,18H,4,6,8,10-12H2,1-3H3. The highest BCUT2D eigenvalue weighted by Crippen LogP contribution is 2.40. The Balaban J connectivity index is 2.27. The van der Waals surface area contributed by atoms with Crippen molar-refractivity contribution in [2.75, 3.05) is 0 Å². The van der Waals surface area contributed by atoms with Crippen LogP contribution in [0.4, 0.5) is 0 Å². The van der Waals surface area contributed by atoms with Crippen LogP contribution in [0.2, 0.25) is 0 Å². The highest BCUT2D eigenvalue weighted by Gasteiger charge is 2.33. The lowest BCUT2D eigenvalue weighted by atomic mass is 9.82.